The van der Waals surface area contributed by atoms with Crippen LogP contribution < -0.4 is 14.4 Å². The normalized spacial score (nSPS) is 17.4. The molecule has 2 aliphatic rings. The molecular weight excluding hydrogens is 430 g/mol. The second kappa shape index (κ2) is 7.09. The van der Waals surface area contributed by atoms with Crippen molar-refractivity contribution in [2.45, 2.75) is 12.5 Å². The van der Waals surface area contributed by atoms with E-state index in [1.807, 2.05) is 73.6 Å². The van der Waals surface area contributed by atoms with E-state index in [0.717, 1.165) is 33.2 Å². The van der Waals surface area contributed by atoms with Crippen LogP contribution in [-0.2, 0) is 15.1 Å². The summed E-state index contributed by atoms with van der Waals surface area (Å²) in [5, 5.41) is 1.67. The summed E-state index contributed by atoms with van der Waals surface area (Å²) < 4.78 is 18.0. The van der Waals surface area contributed by atoms with E-state index in [0.29, 0.717) is 22.8 Å². The summed E-state index contributed by atoms with van der Waals surface area (Å²) in [5.41, 5.74) is 2.71. The van der Waals surface area contributed by atoms with E-state index in [-0.39, 0.29) is 11.9 Å². The molecule has 0 aliphatic carbocycles. The Morgan fingerprint density at radius 2 is 1.71 bits per heavy atom. The van der Waals surface area contributed by atoms with Gasteiger partial charge in [0.25, 0.3) is 0 Å². The summed E-state index contributed by atoms with van der Waals surface area (Å²) in [7, 11) is 3.93. The summed E-state index contributed by atoms with van der Waals surface area (Å²) in [5.74, 6) is 0.946. The molecule has 0 radical (unpaired) electrons. The second-order valence-electron chi connectivity index (χ2n) is 8.71. The van der Waals surface area contributed by atoms with Crippen LogP contribution >= 0.6 is 0 Å². The lowest BCUT2D eigenvalue weighted by Gasteiger charge is -2.37. The van der Waals surface area contributed by atoms with Gasteiger partial charge in [-0.15, -0.1) is 0 Å². The second-order valence-corrected chi connectivity index (χ2v) is 8.71. The number of anilines is 1. The topological polar surface area (TPSA) is 65.1 Å². The van der Waals surface area contributed by atoms with Crippen molar-refractivity contribution in [2.75, 3.05) is 19.0 Å². The number of ether oxygens (including phenoxy) is 3. The van der Waals surface area contributed by atoms with Crippen molar-refractivity contribution in [3.8, 4) is 17.2 Å². The highest BCUT2D eigenvalue weighted by atomic mass is 16.6. The van der Waals surface area contributed by atoms with Crippen molar-refractivity contribution in [3.05, 3.63) is 95.1 Å². The lowest BCUT2D eigenvalue weighted by Crippen LogP contribution is -2.33. The van der Waals surface area contributed by atoms with Crippen LogP contribution in [0.5, 0.6) is 17.2 Å². The molecule has 0 fully saturated rings. The molecule has 168 valence electrons. The average Bonchev–Trinajstić information content (AvgIpc) is 3.11. The molecule has 2 heterocycles. The zero-order valence-electron chi connectivity index (χ0n) is 18.9. The average molecular weight is 451 g/mol. The van der Waals surface area contributed by atoms with Gasteiger partial charge in [-0.25, -0.2) is 4.79 Å². The molecule has 0 aromatic heterocycles. The molecule has 34 heavy (non-hydrogen) atoms. The molecule has 4 aromatic rings. The van der Waals surface area contributed by atoms with Crippen LogP contribution in [0, 0.1) is 0 Å². The fourth-order valence-corrected chi connectivity index (χ4v) is 4.93. The zero-order valence-corrected chi connectivity index (χ0v) is 18.9. The maximum absolute atomic E-state index is 13.0. The van der Waals surface area contributed by atoms with E-state index in [4.69, 9.17) is 14.2 Å². The standard InChI is InChI=1S/C28H21NO5/c1-16(30)32-19-10-11-20-17(14-19)8-12-24-26(20)33-25-15-18(29(2)3)9-13-23(25)28(24)22-7-5-4-6-21(22)27(31)34-28/h4-15H,1-3H3. The Bertz CT molecular complexity index is 1520. The quantitative estimate of drug-likeness (QED) is 0.300. The molecule has 6 nitrogen and oxygen atoms in total. The van der Waals surface area contributed by atoms with Crippen LogP contribution in [0.2, 0.25) is 0 Å². The van der Waals surface area contributed by atoms with Crippen molar-refractivity contribution in [1.29, 1.82) is 0 Å². The number of fused-ring (bicyclic) bond motifs is 8. The van der Waals surface area contributed by atoms with Gasteiger partial charge >= 0.3 is 11.9 Å². The first-order valence-corrected chi connectivity index (χ1v) is 11.0. The number of nitrogens with zero attached hydrogens (tertiary/aromatic N) is 1. The third-order valence-corrected chi connectivity index (χ3v) is 6.43. The summed E-state index contributed by atoms with van der Waals surface area (Å²) in [6.07, 6.45) is 0. The number of hydrogen-bond acceptors (Lipinski definition) is 6. The molecule has 0 saturated heterocycles. The van der Waals surface area contributed by atoms with Crippen molar-refractivity contribution in [1.82, 2.24) is 0 Å². The fourth-order valence-electron chi connectivity index (χ4n) is 4.93. The van der Waals surface area contributed by atoms with Crippen LogP contribution in [0.25, 0.3) is 10.8 Å². The number of carbonyl (C=O) groups is 2. The smallest absolute Gasteiger partial charge is 0.340 e. The summed E-state index contributed by atoms with van der Waals surface area (Å²) >= 11 is 0. The van der Waals surface area contributed by atoms with Gasteiger partial charge in [-0.3, -0.25) is 4.79 Å². The van der Waals surface area contributed by atoms with Gasteiger partial charge in [0.15, 0.2) is 5.60 Å². The molecule has 0 saturated carbocycles. The van der Waals surface area contributed by atoms with Crippen LogP contribution in [0.15, 0.2) is 72.8 Å². The number of benzene rings is 4. The largest absolute Gasteiger partial charge is 0.456 e. The Labute approximate surface area is 196 Å². The van der Waals surface area contributed by atoms with Crippen molar-refractivity contribution < 1.29 is 23.8 Å². The number of hydrogen-bond donors (Lipinski definition) is 0. The van der Waals surface area contributed by atoms with E-state index in [9.17, 15) is 9.59 Å². The first kappa shape index (κ1) is 20.3. The Balaban J connectivity index is 1.66. The number of carbonyl (C=O) groups excluding carboxylic acids is 2. The Morgan fingerprint density at radius 3 is 2.50 bits per heavy atom. The Hall–Kier alpha value is -4.32. The molecule has 6 heteroatoms. The molecule has 0 amide bonds. The van der Waals surface area contributed by atoms with E-state index < -0.39 is 5.60 Å². The first-order chi connectivity index (χ1) is 16.4. The predicted molar refractivity (Wildman–Crippen MR) is 128 cm³/mol. The monoisotopic (exact) mass is 451 g/mol. The van der Waals surface area contributed by atoms with E-state index in [2.05, 4.69) is 0 Å². The van der Waals surface area contributed by atoms with Gasteiger partial charge < -0.3 is 19.1 Å². The summed E-state index contributed by atoms with van der Waals surface area (Å²) in [6.45, 7) is 1.37. The van der Waals surface area contributed by atoms with Gasteiger partial charge in [0.05, 0.1) is 5.56 Å². The highest BCUT2D eigenvalue weighted by Crippen LogP contribution is 2.57. The van der Waals surface area contributed by atoms with Gasteiger partial charge in [0.2, 0.25) is 0 Å². The fraction of sp³-hybridized carbons (Fsp3) is 0.143. The molecule has 0 N–H and O–H groups in total. The SMILES string of the molecule is CC(=O)Oc1ccc2c3c(ccc2c1)C1(OC(=O)c2ccccc21)c1ccc(N(C)C)cc1O3. The van der Waals surface area contributed by atoms with Gasteiger partial charge in [-0.2, -0.15) is 0 Å². The van der Waals surface area contributed by atoms with E-state index in [1.54, 1.807) is 18.2 Å². The molecule has 0 bridgehead atoms. The Kier molecular flexibility index (Phi) is 4.23. The summed E-state index contributed by atoms with van der Waals surface area (Å²) in [6, 6.07) is 22.7. The highest BCUT2D eigenvalue weighted by molar-refractivity contribution is 5.99. The molecule has 1 unspecified atom stereocenters. The van der Waals surface area contributed by atoms with Gasteiger partial charge in [0, 0.05) is 54.8 Å². The molecule has 2 aliphatic heterocycles. The lowest BCUT2D eigenvalue weighted by atomic mass is 9.77. The minimum absolute atomic E-state index is 0.364. The lowest BCUT2D eigenvalue weighted by molar-refractivity contribution is -0.131. The maximum atomic E-state index is 13.0. The van der Waals surface area contributed by atoms with Gasteiger partial charge in [-0.05, 0) is 47.9 Å². The van der Waals surface area contributed by atoms with Gasteiger partial charge in [-0.1, -0.05) is 24.3 Å². The highest BCUT2D eigenvalue weighted by Gasteiger charge is 2.53. The minimum atomic E-state index is -1.12. The minimum Gasteiger partial charge on any atom is -0.456 e. The maximum Gasteiger partial charge on any atom is 0.340 e. The Morgan fingerprint density at radius 1 is 0.912 bits per heavy atom. The number of esters is 2. The van der Waals surface area contributed by atoms with Crippen molar-refractivity contribution in [3.63, 3.8) is 0 Å². The van der Waals surface area contributed by atoms with Crippen LogP contribution in [-0.4, -0.2) is 26.0 Å². The molecule has 1 spiro atoms. The molecule has 4 aromatic carbocycles. The third-order valence-electron chi connectivity index (χ3n) is 6.43. The predicted octanol–water partition coefficient (Wildman–Crippen LogP) is 5.40. The van der Waals surface area contributed by atoms with E-state index in [1.165, 1.54) is 6.92 Å². The van der Waals surface area contributed by atoms with Crippen molar-refractivity contribution in [2.24, 2.45) is 0 Å². The zero-order chi connectivity index (χ0) is 23.6. The number of rotatable bonds is 2. The van der Waals surface area contributed by atoms with Crippen LogP contribution in [0.3, 0.4) is 0 Å². The third kappa shape index (κ3) is 2.75. The summed E-state index contributed by atoms with van der Waals surface area (Å²) in [4.78, 5) is 26.4. The first-order valence-electron chi connectivity index (χ1n) is 11.0. The van der Waals surface area contributed by atoms with E-state index >= 15 is 0 Å². The molecule has 6 rings (SSSR count). The molecule has 1 atom stereocenters. The molecular formula is C28H21NO5. The van der Waals surface area contributed by atoms with Crippen molar-refractivity contribution >= 4 is 28.4 Å². The van der Waals surface area contributed by atoms with Crippen LogP contribution in [0.4, 0.5) is 5.69 Å². The van der Waals surface area contributed by atoms with Gasteiger partial charge in [0.1, 0.15) is 17.2 Å². The van der Waals surface area contributed by atoms with Crippen LogP contribution in [0.1, 0.15) is 34.0 Å².